The van der Waals surface area contributed by atoms with Crippen molar-refractivity contribution in [1.82, 2.24) is 20.4 Å². The van der Waals surface area contributed by atoms with E-state index in [9.17, 15) is 18.4 Å². The van der Waals surface area contributed by atoms with E-state index in [0.717, 1.165) is 12.1 Å². The molecule has 0 saturated carbocycles. The quantitative estimate of drug-likeness (QED) is 0.892. The zero-order valence-electron chi connectivity index (χ0n) is 12.8. The molecule has 2 aromatic rings. The van der Waals surface area contributed by atoms with Crippen LogP contribution in [0.5, 0.6) is 0 Å². The minimum absolute atomic E-state index is 0.0447. The molecule has 1 aliphatic heterocycles. The van der Waals surface area contributed by atoms with Crippen molar-refractivity contribution in [3.63, 3.8) is 0 Å². The average Bonchev–Trinajstić information content (AvgIpc) is 3.08. The van der Waals surface area contributed by atoms with Gasteiger partial charge in [-0.1, -0.05) is 6.07 Å². The van der Waals surface area contributed by atoms with E-state index in [1.807, 2.05) is 0 Å². The summed E-state index contributed by atoms with van der Waals surface area (Å²) in [4.78, 5) is 26.0. The fraction of sp³-hybridized carbons (Fsp3) is 0.312. The van der Waals surface area contributed by atoms with Crippen LogP contribution < -0.4 is 5.32 Å². The normalized spacial score (nSPS) is 17.8. The van der Waals surface area contributed by atoms with Crippen molar-refractivity contribution in [2.75, 3.05) is 6.54 Å². The minimum Gasteiger partial charge on any atom is -0.340 e. The van der Waals surface area contributed by atoms with Crippen LogP contribution in [0.15, 0.2) is 30.6 Å². The van der Waals surface area contributed by atoms with Gasteiger partial charge in [0.05, 0.1) is 11.8 Å². The number of aromatic amines is 1. The highest BCUT2D eigenvalue weighted by Crippen LogP contribution is 2.18. The Morgan fingerprint density at radius 1 is 1.42 bits per heavy atom. The molecule has 2 amide bonds. The van der Waals surface area contributed by atoms with Crippen LogP contribution in [0.3, 0.4) is 0 Å². The van der Waals surface area contributed by atoms with E-state index < -0.39 is 23.6 Å². The second-order valence-electron chi connectivity index (χ2n) is 5.65. The van der Waals surface area contributed by atoms with Crippen molar-refractivity contribution in [2.24, 2.45) is 0 Å². The number of piperidine rings is 1. The maximum atomic E-state index is 13.8. The fourth-order valence-corrected chi connectivity index (χ4v) is 2.70. The predicted octanol–water partition coefficient (Wildman–Crippen LogP) is 1.61. The highest BCUT2D eigenvalue weighted by molar-refractivity contribution is 5.97. The van der Waals surface area contributed by atoms with Crippen molar-refractivity contribution in [3.05, 3.63) is 53.4 Å². The van der Waals surface area contributed by atoms with Gasteiger partial charge in [0.1, 0.15) is 17.7 Å². The molecule has 1 aromatic heterocycles. The molecule has 0 spiro atoms. The summed E-state index contributed by atoms with van der Waals surface area (Å²) >= 11 is 0. The smallest absolute Gasteiger partial charge is 0.255 e. The Balaban J connectivity index is 1.67. The van der Waals surface area contributed by atoms with Gasteiger partial charge in [0.2, 0.25) is 5.91 Å². The molecule has 1 fully saturated rings. The van der Waals surface area contributed by atoms with Gasteiger partial charge in [-0.05, 0) is 18.9 Å². The molecule has 6 nitrogen and oxygen atoms in total. The van der Waals surface area contributed by atoms with E-state index >= 15 is 0 Å². The average molecular weight is 334 g/mol. The summed E-state index contributed by atoms with van der Waals surface area (Å²) in [5.41, 5.74) is 0.580. The van der Waals surface area contributed by atoms with Crippen LogP contribution >= 0.6 is 0 Å². The molecular weight excluding hydrogens is 318 g/mol. The first-order valence-electron chi connectivity index (χ1n) is 7.57. The molecule has 0 aliphatic carbocycles. The maximum absolute atomic E-state index is 13.8. The van der Waals surface area contributed by atoms with E-state index in [1.54, 1.807) is 0 Å². The molecule has 2 N–H and O–H groups in total. The van der Waals surface area contributed by atoms with E-state index in [4.69, 9.17) is 0 Å². The molecule has 1 aliphatic rings. The molecule has 3 rings (SSSR count). The third kappa shape index (κ3) is 3.42. The number of likely N-dealkylation sites (tertiary alicyclic amines) is 1. The van der Waals surface area contributed by atoms with Crippen molar-refractivity contribution >= 4 is 11.8 Å². The number of carbonyl (C=O) groups excluding carboxylic acids is 2. The van der Waals surface area contributed by atoms with Gasteiger partial charge >= 0.3 is 0 Å². The first kappa shape index (κ1) is 16.1. The summed E-state index contributed by atoms with van der Waals surface area (Å²) in [5.74, 6) is -2.02. The van der Waals surface area contributed by atoms with E-state index in [0.29, 0.717) is 24.9 Å². The Hall–Kier alpha value is -2.77. The molecular formula is C16H16F2N4O2. The number of amides is 2. The SMILES string of the molecule is O=C(NC1CCCN(Cc2ccc(F)cc2F)C1=O)c1cn[nH]c1. The number of halogens is 2. The van der Waals surface area contributed by atoms with Gasteiger partial charge in [-0.2, -0.15) is 5.10 Å². The third-order valence-electron chi connectivity index (χ3n) is 3.97. The summed E-state index contributed by atoms with van der Waals surface area (Å²) in [7, 11) is 0. The zero-order chi connectivity index (χ0) is 17.1. The van der Waals surface area contributed by atoms with Crippen molar-refractivity contribution in [3.8, 4) is 0 Å². The molecule has 0 bridgehead atoms. The van der Waals surface area contributed by atoms with Gasteiger partial charge in [0.25, 0.3) is 5.91 Å². The largest absolute Gasteiger partial charge is 0.340 e. The molecule has 8 heteroatoms. The number of rotatable bonds is 4. The van der Waals surface area contributed by atoms with Crippen LogP contribution in [0.4, 0.5) is 8.78 Å². The van der Waals surface area contributed by atoms with Crippen LogP contribution in [-0.2, 0) is 11.3 Å². The summed E-state index contributed by atoms with van der Waals surface area (Å²) < 4.78 is 26.7. The first-order chi connectivity index (χ1) is 11.5. The lowest BCUT2D eigenvalue weighted by atomic mass is 10.0. The van der Waals surface area contributed by atoms with Crippen LogP contribution in [0, 0.1) is 11.6 Å². The summed E-state index contributed by atoms with van der Waals surface area (Å²) in [6, 6.07) is 2.61. The summed E-state index contributed by atoms with van der Waals surface area (Å²) in [6.45, 7) is 0.511. The number of H-pyrrole nitrogens is 1. The first-order valence-corrected chi connectivity index (χ1v) is 7.57. The van der Waals surface area contributed by atoms with E-state index in [2.05, 4.69) is 15.5 Å². The Morgan fingerprint density at radius 2 is 2.25 bits per heavy atom. The van der Waals surface area contributed by atoms with Gasteiger partial charge in [0, 0.05) is 30.9 Å². The number of hydrogen-bond donors (Lipinski definition) is 2. The number of benzene rings is 1. The Morgan fingerprint density at radius 3 is 2.96 bits per heavy atom. The maximum Gasteiger partial charge on any atom is 0.255 e. The predicted molar refractivity (Wildman–Crippen MR) is 80.9 cm³/mol. The highest BCUT2D eigenvalue weighted by atomic mass is 19.1. The Kier molecular flexibility index (Phi) is 4.54. The zero-order valence-corrected chi connectivity index (χ0v) is 12.8. The Labute approximate surface area is 136 Å². The molecule has 1 saturated heterocycles. The molecule has 2 heterocycles. The number of hydrogen-bond acceptors (Lipinski definition) is 3. The number of carbonyl (C=O) groups is 2. The molecule has 1 atom stereocenters. The highest BCUT2D eigenvalue weighted by Gasteiger charge is 2.30. The lowest BCUT2D eigenvalue weighted by Crippen LogP contribution is -2.51. The molecule has 1 aromatic carbocycles. The monoisotopic (exact) mass is 334 g/mol. The summed E-state index contributed by atoms with van der Waals surface area (Å²) in [5, 5.41) is 8.89. The van der Waals surface area contributed by atoms with Crippen LogP contribution in [0.1, 0.15) is 28.8 Å². The van der Waals surface area contributed by atoms with Crippen molar-refractivity contribution in [1.29, 1.82) is 0 Å². The van der Waals surface area contributed by atoms with Crippen LogP contribution in [0.2, 0.25) is 0 Å². The third-order valence-corrected chi connectivity index (χ3v) is 3.97. The van der Waals surface area contributed by atoms with Crippen LogP contribution in [-0.4, -0.2) is 39.5 Å². The van der Waals surface area contributed by atoms with Gasteiger partial charge in [-0.15, -0.1) is 0 Å². The Bertz CT molecular complexity index is 749. The van der Waals surface area contributed by atoms with Gasteiger partial charge < -0.3 is 10.2 Å². The van der Waals surface area contributed by atoms with Gasteiger partial charge in [-0.25, -0.2) is 8.78 Å². The van der Waals surface area contributed by atoms with Crippen molar-refractivity contribution in [2.45, 2.75) is 25.4 Å². The molecule has 126 valence electrons. The lowest BCUT2D eigenvalue weighted by molar-refractivity contribution is -0.136. The van der Waals surface area contributed by atoms with Gasteiger partial charge in [-0.3, -0.25) is 14.7 Å². The standard InChI is InChI=1S/C16H16F2N4O2/c17-12-4-3-10(13(18)6-12)9-22-5-1-2-14(16(22)24)21-15(23)11-7-19-20-8-11/h3-4,6-8,14H,1-2,5,9H2,(H,19,20)(H,21,23). The molecule has 1 unspecified atom stereocenters. The van der Waals surface area contributed by atoms with Crippen LogP contribution in [0.25, 0.3) is 0 Å². The fourth-order valence-electron chi connectivity index (χ4n) is 2.70. The lowest BCUT2D eigenvalue weighted by Gasteiger charge is -2.32. The van der Waals surface area contributed by atoms with E-state index in [1.165, 1.54) is 23.4 Å². The second kappa shape index (κ2) is 6.77. The molecule has 24 heavy (non-hydrogen) atoms. The number of nitrogens with zero attached hydrogens (tertiary/aromatic N) is 2. The summed E-state index contributed by atoms with van der Waals surface area (Å²) in [6.07, 6.45) is 4.01. The van der Waals surface area contributed by atoms with Crippen molar-refractivity contribution < 1.29 is 18.4 Å². The van der Waals surface area contributed by atoms with Gasteiger partial charge in [0.15, 0.2) is 0 Å². The second-order valence-corrected chi connectivity index (χ2v) is 5.65. The molecule has 0 radical (unpaired) electrons. The minimum atomic E-state index is -0.688. The topological polar surface area (TPSA) is 78.1 Å². The van der Waals surface area contributed by atoms with E-state index in [-0.39, 0.29) is 18.0 Å². The number of nitrogens with one attached hydrogen (secondary N) is 2. The number of aromatic nitrogens is 2.